The molecule has 0 aliphatic rings. The average molecular weight is 272 g/mol. The quantitative estimate of drug-likeness (QED) is 0.573. The van der Waals surface area contributed by atoms with Gasteiger partial charge in [-0.2, -0.15) is 0 Å². The van der Waals surface area contributed by atoms with Crippen LogP contribution in [0, 0.1) is 0 Å². The van der Waals surface area contributed by atoms with Gasteiger partial charge in [-0.1, -0.05) is 30.3 Å². The van der Waals surface area contributed by atoms with Crippen molar-refractivity contribution in [3.05, 3.63) is 77.3 Å². The van der Waals surface area contributed by atoms with Gasteiger partial charge in [0, 0.05) is 29.4 Å². The number of hydrogen-bond acceptors (Lipinski definition) is 2. The molecule has 3 nitrogen and oxygen atoms in total. The largest absolute Gasteiger partial charge is 0.322 e. The zero-order valence-electron chi connectivity index (χ0n) is 11.2. The molecule has 1 N–H and O–H groups in total. The Bertz CT molecular complexity index is 1010. The van der Waals surface area contributed by atoms with E-state index in [9.17, 15) is 4.79 Å². The minimum atomic E-state index is -0.0840. The SMILES string of the molecule is O=c1ccc2ccc(-c3cccc4ccncc34)cc2[nH]1. The van der Waals surface area contributed by atoms with Crippen LogP contribution < -0.4 is 5.56 Å². The maximum Gasteiger partial charge on any atom is 0.248 e. The lowest BCUT2D eigenvalue weighted by molar-refractivity contribution is 1.31. The Morgan fingerprint density at radius 3 is 2.76 bits per heavy atom. The van der Waals surface area contributed by atoms with Crippen LogP contribution in [0.2, 0.25) is 0 Å². The van der Waals surface area contributed by atoms with Crippen molar-refractivity contribution in [2.24, 2.45) is 0 Å². The summed E-state index contributed by atoms with van der Waals surface area (Å²) in [5, 5.41) is 3.29. The predicted octanol–water partition coefficient (Wildman–Crippen LogP) is 3.74. The summed E-state index contributed by atoms with van der Waals surface area (Å²) >= 11 is 0. The molecule has 21 heavy (non-hydrogen) atoms. The minimum absolute atomic E-state index is 0.0840. The number of fused-ring (bicyclic) bond motifs is 2. The standard InChI is InChI=1S/C18H12N2O/c21-18-7-6-13-4-5-14(10-17(13)20-18)15-3-1-2-12-8-9-19-11-16(12)15/h1-11H,(H,20,21). The van der Waals surface area contributed by atoms with E-state index < -0.39 is 0 Å². The molecule has 4 aromatic rings. The highest BCUT2D eigenvalue weighted by Crippen LogP contribution is 2.29. The van der Waals surface area contributed by atoms with Crippen molar-refractivity contribution in [3.63, 3.8) is 0 Å². The smallest absolute Gasteiger partial charge is 0.248 e. The molecule has 2 aromatic carbocycles. The number of nitrogens with zero attached hydrogens (tertiary/aromatic N) is 1. The Balaban J connectivity index is 2.02. The van der Waals surface area contributed by atoms with Crippen LogP contribution in [0.25, 0.3) is 32.8 Å². The molecular weight excluding hydrogens is 260 g/mol. The summed E-state index contributed by atoms with van der Waals surface area (Å²) in [6.45, 7) is 0. The van der Waals surface area contributed by atoms with Gasteiger partial charge in [0.15, 0.2) is 0 Å². The molecule has 100 valence electrons. The highest BCUT2D eigenvalue weighted by molar-refractivity contribution is 5.97. The lowest BCUT2D eigenvalue weighted by Gasteiger charge is -2.07. The minimum Gasteiger partial charge on any atom is -0.322 e. The van der Waals surface area contributed by atoms with Gasteiger partial charge in [0.2, 0.25) is 5.56 Å². The highest BCUT2D eigenvalue weighted by atomic mass is 16.1. The number of H-pyrrole nitrogens is 1. The van der Waals surface area contributed by atoms with Crippen LogP contribution in [-0.2, 0) is 0 Å². The summed E-state index contributed by atoms with van der Waals surface area (Å²) in [5.74, 6) is 0. The molecule has 2 aromatic heterocycles. The monoisotopic (exact) mass is 272 g/mol. The third-order valence-corrected chi connectivity index (χ3v) is 3.72. The summed E-state index contributed by atoms with van der Waals surface area (Å²) in [7, 11) is 0. The molecule has 0 amide bonds. The topological polar surface area (TPSA) is 45.8 Å². The summed E-state index contributed by atoms with van der Waals surface area (Å²) in [4.78, 5) is 18.6. The van der Waals surface area contributed by atoms with Gasteiger partial charge >= 0.3 is 0 Å². The first-order valence-corrected chi connectivity index (χ1v) is 6.77. The van der Waals surface area contributed by atoms with Crippen LogP contribution in [0.4, 0.5) is 0 Å². The van der Waals surface area contributed by atoms with Crippen molar-refractivity contribution in [1.82, 2.24) is 9.97 Å². The van der Waals surface area contributed by atoms with Crippen LogP contribution in [0.3, 0.4) is 0 Å². The summed E-state index contributed by atoms with van der Waals surface area (Å²) in [6, 6.07) is 17.7. The lowest BCUT2D eigenvalue weighted by atomic mass is 9.99. The maximum absolute atomic E-state index is 11.5. The Morgan fingerprint density at radius 2 is 1.81 bits per heavy atom. The van der Waals surface area contributed by atoms with Crippen LogP contribution in [0.15, 0.2) is 71.8 Å². The molecule has 0 spiro atoms. The third-order valence-electron chi connectivity index (χ3n) is 3.72. The van der Waals surface area contributed by atoms with Gasteiger partial charge in [0.05, 0.1) is 0 Å². The Morgan fingerprint density at radius 1 is 0.905 bits per heavy atom. The predicted molar refractivity (Wildman–Crippen MR) is 85.3 cm³/mol. The first kappa shape index (κ1) is 11.9. The second-order valence-electron chi connectivity index (χ2n) is 5.03. The highest BCUT2D eigenvalue weighted by Gasteiger charge is 2.05. The molecule has 0 aliphatic carbocycles. The Kier molecular flexibility index (Phi) is 2.57. The van der Waals surface area contributed by atoms with Gasteiger partial charge in [0.1, 0.15) is 0 Å². The molecule has 0 saturated carbocycles. The molecular formula is C18H12N2O. The van der Waals surface area contributed by atoms with E-state index in [1.54, 1.807) is 12.3 Å². The molecule has 0 aliphatic heterocycles. The van der Waals surface area contributed by atoms with Crippen molar-refractivity contribution in [3.8, 4) is 11.1 Å². The van der Waals surface area contributed by atoms with Crippen molar-refractivity contribution < 1.29 is 0 Å². The summed E-state index contributed by atoms with van der Waals surface area (Å²) < 4.78 is 0. The number of hydrogen-bond donors (Lipinski definition) is 1. The molecule has 2 heterocycles. The van der Waals surface area contributed by atoms with E-state index >= 15 is 0 Å². The lowest BCUT2D eigenvalue weighted by Crippen LogP contribution is -2.02. The normalized spacial score (nSPS) is 11.0. The van der Waals surface area contributed by atoms with Crippen molar-refractivity contribution in [2.75, 3.05) is 0 Å². The molecule has 0 saturated heterocycles. The van der Waals surface area contributed by atoms with Gasteiger partial charge in [-0.25, -0.2) is 0 Å². The molecule has 4 rings (SSSR count). The first-order valence-electron chi connectivity index (χ1n) is 6.77. The molecule has 0 radical (unpaired) electrons. The zero-order chi connectivity index (χ0) is 14.2. The van der Waals surface area contributed by atoms with E-state index in [1.165, 1.54) is 0 Å². The zero-order valence-corrected chi connectivity index (χ0v) is 11.2. The van der Waals surface area contributed by atoms with E-state index in [2.05, 4.69) is 28.2 Å². The van der Waals surface area contributed by atoms with Crippen molar-refractivity contribution >= 4 is 21.7 Å². The van der Waals surface area contributed by atoms with E-state index in [4.69, 9.17) is 0 Å². The molecule has 0 bridgehead atoms. The van der Waals surface area contributed by atoms with E-state index in [0.717, 1.165) is 32.8 Å². The average Bonchev–Trinajstić information content (AvgIpc) is 2.53. The molecule has 0 unspecified atom stereocenters. The molecule has 0 fully saturated rings. The van der Waals surface area contributed by atoms with Crippen LogP contribution in [-0.4, -0.2) is 9.97 Å². The van der Waals surface area contributed by atoms with Gasteiger partial charge < -0.3 is 4.98 Å². The Labute approximate surface area is 120 Å². The van der Waals surface area contributed by atoms with Gasteiger partial charge in [-0.15, -0.1) is 0 Å². The molecule has 3 heteroatoms. The maximum atomic E-state index is 11.5. The van der Waals surface area contributed by atoms with E-state index in [1.807, 2.05) is 36.5 Å². The second-order valence-corrected chi connectivity index (χ2v) is 5.03. The number of nitrogens with one attached hydrogen (secondary N) is 1. The van der Waals surface area contributed by atoms with Crippen LogP contribution in [0.1, 0.15) is 0 Å². The fraction of sp³-hybridized carbons (Fsp3) is 0. The van der Waals surface area contributed by atoms with Crippen molar-refractivity contribution in [2.45, 2.75) is 0 Å². The van der Waals surface area contributed by atoms with Gasteiger partial charge in [-0.05, 0) is 40.1 Å². The fourth-order valence-electron chi connectivity index (χ4n) is 2.68. The summed E-state index contributed by atoms with van der Waals surface area (Å²) in [5.41, 5.74) is 2.95. The fourth-order valence-corrected chi connectivity index (χ4v) is 2.68. The van der Waals surface area contributed by atoms with Crippen LogP contribution >= 0.6 is 0 Å². The van der Waals surface area contributed by atoms with Gasteiger partial charge in [0.25, 0.3) is 0 Å². The third kappa shape index (κ3) is 1.99. The number of rotatable bonds is 1. The number of pyridine rings is 2. The number of aromatic amines is 1. The first-order chi connectivity index (χ1) is 10.3. The second kappa shape index (κ2) is 4.56. The van der Waals surface area contributed by atoms with E-state index in [0.29, 0.717) is 0 Å². The molecule has 0 atom stereocenters. The number of aromatic nitrogens is 2. The number of benzene rings is 2. The summed E-state index contributed by atoms with van der Waals surface area (Å²) in [6.07, 6.45) is 3.67. The van der Waals surface area contributed by atoms with E-state index in [-0.39, 0.29) is 5.56 Å². The van der Waals surface area contributed by atoms with Gasteiger partial charge in [-0.3, -0.25) is 9.78 Å². The van der Waals surface area contributed by atoms with Crippen molar-refractivity contribution in [1.29, 1.82) is 0 Å². The Hall–Kier alpha value is -2.94. The van der Waals surface area contributed by atoms with Crippen LogP contribution in [0.5, 0.6) is 0 Å².